The average Bonchev–Trinajstić information content (AvgIpc) is 2.89. The molecule has 0 atom stereocenters. The van der Waals surface area contributed by atoms with Gasteiger partial charge in [-0.15, -0.1) is 0 Å². The van der Waals surface area contributed by atoms with Crippen LogP contribution < -0.4 is 4.89 Å². The molecule has 0 radical (unpaired) electrons. The number of phosphoric acid groups is 1. The molecule has 0 aromatic carbocycles. The third-order valence-corrected chi connectivity index (χ3v) is 13.7. The van der Waals surface area contributed by atoms with Crippen LogP contribution in [0.3, 0.4) is 0 Å². The van der Waals surface area contributed by atoms with E-state index in [-0.39, 0.29) is 13.2 Å². The third-order valence-electron chi connectivity index (χ3n) is 7.52. The van der Waals surface area contributed by atoms with Gasteiger partial charge >= 0.3 is 0 Å². The average molecular weight is 581 g/mol. The zero-order chi connectivity index (χ0) is 28.8. The van der Waals surface area contributed by atoms with Crippen LogP contribution in [-0.4, -0.2) is 37.9 Å². The summed E-state index contributed by atoms with van der Waals surface area (Å²) < 4.78 is 18.9. The van der Waals surface area contributed by atoms with Gasteiger partial charge in [-0.3, -0.25) is 4.57 Å². The van der Waals surface area contributed by atoms with E-state index < -0.39 is 15.1 Å². The van der Waals surface area contributed by atoms with Crippen LogP contribution in [0.5, 0.6) is 0 Å². The Morgan fingerprint density at radius 2 is 0.711 bits per heavy atom. The molecule has 6 heteroatoms. The number of rotatable bonds is 28. The van der Waals surface area contributed by atoms with Gasteiger partial charge in [-0.05, 0) is 46.0 Å². The van der Waals surface area contributed by atoms with Gasteiger partial charge < -0.3 is 13.9 Å². The van der Waals surface area contributed by atoms with Crippen molar-refractivity contribution in [2.24, 2.45) is 0 Å². The largest absolute Gasteiger partial charge is 0.756 e. The highest BCUT2D eigenvalue weighted by atomic mass is 31.2. The van der Waals surface area contributed by atoms with E-state index >= 15 is 0 Å². The standard InChI is InChI=1S/C28H60P.C4H11O4P/c1-5-9-13-14-15-16-17-18-19-20-21-22-23-24-28-29(25-10-6-2,26-11-7-3)27-12-8-4;1-3-7-9(5,6)8-4-2/h5-28H2,1-4H3;3-4H2,1-2H3,(H,5,6)/q+1;/p-1. The van der Waals surface area contributed by atoms with Crippen LogP contribution >= 0.6 is 15.1 Å². The van der Waals surface area contributed by atoms with E-state index in [1.54, 1.807) is 44.9 Å². The van der Waals surface area contributed by atoms with E-state index in [2.05, 4.69) is 36.7 Å². The Labute approximate surface area is 241 Å². The lowest BCUT2D eigenvalue weighted by molar-refractivity contribution is -0.224. The van der Waals surface area contributed by atoms with Crippen LogP contribution in [0.4, 0.5) is 0 Å². The Hall–Kier alpha value is 0.540. The molecule has 0 aromatic rings. The number of hydrogen-bond donors (Lipinski definition) is 0. The molecule has 0 aliphatic rings. The Morgan fingerprint density at radius 1 is 0.447 bits per heavy atom. The summed E-state index contributed by atoms with van der Waals surface area (Å²) in [6, 6.07) is 0. The van der Waals surface area contributed by atoms with Crippen molar-refractivity contribution in [2.75, 3.05) is 37.9 Å². The van der Waals surface area contributed by atoms with Gasteiger partial charge in [0.05, 0.1) is 37.9 Å². The van der Waals surface area contributed by atoms with Crippen molar-refractivity contribution in [1.82, 2.24) is 0 Å². The van der Waals surface area contributed by atoms with Gasteiger partial charge in [0, 0.05) is 7.26 Å². The first-order chi connectivity index (χ1) is 18.4. The maximum atomic E-state index is 10.4. The minimum absolute atomic E-state index is 0.126. The second-order valence-electron chi connectivity index (χ2n) is 11.2. The molecule has 232 valence electrons. The highest BCUT2D eigenvalue weighted by molar-refractivity contribution is 7.75. The van der Waals surface area contributed by atoms with E-state index in [9.17, 15) is 9.46 Å². The molecule has 0 spiro atoms. The fourth-order valence-electron chi connectivity index (χ4n) is 5.15. The molecule has 0 saturated carbocycles. The zero-order valence-electron chi connectivity index (χ0n) is 26.9. The lowest BCUT2D eigenvalue weighted by Gasteiger charge is -2.28. The molecule has 0 unspecified atom stereocenters. The molecule has 0 fully saturated rings. The maximum absolute atomic E-state index is 10.4. The summed E-state index contributed by atoms with van der Waals surface area (Å²) >= 11 is 0. The molecule has 0 aromatic heterocycles. The zero-order valence-corrected chi connectivity index (χ0v) is 28.7. The molecule has 0 saturated heterocycles. The van der Waals surface area contributed by atoms with E-state index in [1.807, 2.05) is 0 Å². The van der Waals surface area contributed by atoms with E-state index in [0.717, 1.165) is 0 Å². The minimum Gasteiger partial charge on any atom is -0.756 e. The van der Waals surface area contributed by atoms with Crippen LogP contribution in [0.15, 0.2) is 0 Å². The van der Waals surface area contributed by atoms with Crippen LogP contribution in [0.25, 0.3) is 0 Å². The maximum Gasteiger partial charge on any atom is 0.267 e. The Bertz CT molecular complexity index is 470. The van der Waals surface area contributed by atoms with Gasteiger partial charge in [0.15, 0.2) is 0 Å². The fourth-order valence-corrected chi connectivity index (χ4v) is 11.1. The van der Waals surface area contributed by atoms with Gasteiger partial charge in [0.1, 0.15) is 0 Å². The van der Waals surface area contributed by atoms with Crippen molar-refractivity contribution in [3.8, 4) is 0 Å². The summed E-state index contributed by atoms with van der Waals surface area (Å²) in [5, 5.41) is 0. The van der Waals surface area contributed by atoms with Gasteiger partial charge in [-0.1, -0.05) is 124 Å². The van der Waals surface area contributed by atoms with Gasteiger partial charge in [-0.25, -0.2) is 0 Å². The summed E-state index contributed by atoms with van der Waals surface area (Å²) in [4.78, 5) is 10.4. The van der Waals surface area contributed by atoms with Crippen LogP contribution in [0.1, 0.15) is 170 Å². The fraction of sp³-hybridized carbons (Fsp3) is 1.00. The molecule has 0 N–H and O–H groups in total. The molecule has 0 heterocycles. The molecular weight excluding hydrogens is 510 g/mol. The predicted molar refractivity (Wildman–Crippen MR) is 172 cm³/mol. The Balaban J connectivity index is 0. The molecule has 0 bridgehead atoms. The van der Waals surface area contributed by atoms with Gasteiger partial charge in [-0.2, -0.15) is 0 Å². The van der Waals surface area contributed by atoms with Crippen LogP contribution in [0.2, 0.25) is 0 Å². The molecule has 0 rings (SSSR count). The Kier molecular flexibility index (Phi) is 32.6. The highest BCUT2D eigenvalue weighted by Gasteiger charge is 2.34. The SMILES string of the molecule is CCCCCCCCCCCCCCCC[P+](CCCC)(CCCC)CCCC.CCOP(=O)([O-])OCC. The molecule has 0 aliphatic heterocycles. The molecule has 4 nitrogen and oxygen atoms in total. The Morgan fingerprint density at radius 3 is 1.00 bits per heavy atom. The first-order valence-corrected chi connectivity index (χ1v) is 20.8. The van der Waals surface area contributed by atoms with Gasteiger partial charge in [0.25, 0.3) is 7.82 Å². The quantitative estimate of drug-likeness (QED) is 0.0682. The summed E-state index contributed by atoms with van der Waals surface area (Å²) in [5.74, 6) is 0. The highest BCUT2D eigenvalue weighted by Crippen LogP contribution is 2.61. The van der Waals surface area contributed by atoms with Crippen LogP contribution in [0, 0.1) is 0 Å². The lowest BCUT2D eigenvalue weighted by atomic mass is 10.0. The summed E-state index contributed by atoms with van der Waals surface area (Å²) in [6.45, 7) is 12.9. The van der Waals surface area contributed by atoms with Gasteiger partial charge in [0.2, 0.25) is 0 Å². The second-order valence-corrected chi connectivity index (χ2v) is 17.1. The number of unbranched alkanes of at least 4 members (excludes halogenated alkanes) is 16. The monoisotopic (exact) mass is 580 g/mol. The summed E-state index contributed by atoms with van der Waals surface area (Å²) in [6.07, 6.45) is 36.0. The van der Waals surface area contributed by atoms with Crippen molar-refractivity contribution in [3.05, 3.63) is 0 Å². The van der Waals surface area contributed by atoms with E-state index in [0.29, 0.717) is 0 Å². The van der Waals surface area contributed by atoms with Crippen molar-refractivity contribution in [2.45, 2.75) is 170 Å². The third kappa shape index (κ3) is 28.1. The lowest BCUT2D eigenvalue weighted by Crippen LogP contribution is -2.13. The summed E-state index contributed by atoms with van der Waals surface area (Å²) in [7, 11) is -4.57. The topological polar surface area (TPSA) is 58.6 Å². The van der Waals surface area contributed by atoms with Crippen molar-refractivity contribution in [1.29, 1.82) is 0 Å². The number of phosphoric ester groups is 1. The second kappa shape index (κ2) is 30.5. The first kappa shape index (κ1) is 40.7. The number of hydrogen-bond acceptors (Lipinski definition) is 4. The minimum atomic E-state index is -3.94. The molecule has 0 amide bonds. The molecule has 0 aliphatic carbocycles. The van der Waals surface area contributed by atoms with E-state index in [4.69, 9.17) is 0 Å². The molecular formula is C32H70O4P2. The smallest absolute Gasteiger partial charge is 0.267 e. The van der Waals surface area contributed by atoms with Crippen LogP contribution in [-0.2, 0) is 13.6 Å². The van der Waals surface area contributed by atoms with Crippen molar-refractivity contribution < 1.29 is 18.5 Å². The first-order valence-electron chi connectivity index (χ1n) is 16.8. The molecule has 38 heavy (non-hydrogen) atoms. The predicted octanol–water partition coefficient (Wildman–Crippen LogP) is 11.4. The van der Waals surface area contributed by atoms with Crippen molar-refractivity contribution in [3.63, 3.8) is 0 Å². The van der Waals surface area contributed by atoms with E-state index in [1.165, 1.54) is 122 Å². The van der Waals surface area contributed by atoms with Crippen molar-refractivity contribution >= 4 is 15.1 Å². The summed E-state index contributed by atoms with van der Waals surface area (Å²) in [5.41, 5.74) is 0. The normalized spacial score (nSPS) is 12.0.